The Kier molecular flexibility index (Phi) is 5.55. The third-order valence-electron chi connectivity index (χ3n) is 2.94. The highest BCUT2D eigenvalue weighted by Crippen LogP contribution is 2.12. The first kappa shape index (κ1) is 15.8. The molecule has 2 aromatic rings. The standard InChI is InChI=1S/C16H15FINO2/c1-2-19(11-12-4-3-5-13(17)10-12)16(20)9-7-14-6-8-15(18)21-14/h3-10H,2,11H2,1H3/b9-7+. The maximum atomic E-state index is 13.2. The number of furan rings is 1. The van der Waals surface area contributed by atoms with Crippen LogP contribution in [0.5, 0.6) is 0 Å². The van der Waals surface area contributed by atoms with E-state index in [-0.39, 0.29) is 11.7 Å². The Morgan fingerprint density at radius 1 is 1.38 bits per heavy atom. The lowest BCUT2D eigenvalue weighted by atomic mass is 10.2. The molecule has 1 aromatic heterocycles. The molecule has 0 fully saturated rings. The molecule has 0 bridgehead atoms. The highest BCUT2D eigenvalue weighted by molar-refractivity contribution is 14.1. The van der Waals surface area contributed by atoms with E-state index in [1.54, 1.807) is 29.2 Å². The Hall–Kier alpha value is -1.63. The van der Waals surface area contributed by atoms with E-state index in [2.05, 4.69) is 22.6 Å². The molecular formula is C16H15FINO2. The molecule has 1 aromatic carbocycles. The summed E-state index contributed by atoms with van der Waals surface area (Å²) < 4.78 is 19.3. The molecule has 0 aliphatic heterocycles. The van der Waals surface area contributed by atoms with Crippen molar-refractivity contribution in [2.75, 3.05) is 6.54 Å². The monoisotopic (exact) mass is 399 g/mol. The van der Waals surface area contributed by atoms with Crippen molar-refractivity contribution < 1.29 is 13.6 Å². The van der Waals surface area contributed by atoms with Crippen LogP contribution in [0.4, 0.5) is 4.39 Å². The van der Waals surface area contributed by atoms with Gasteiger partial charge in [-0.05, 0) is 65.4 Å². The molecule has 0 radical (unpaired) electrons. The van der Waals surface area contributed by atoms with Gasteiger partial charge in [0.1, 0.15) is 11.6 Å². The van der Waals surface area contributed by atoms with Crippen LogP contribution in [0, 0.1) is 9.58 Å². The van der Waals surface area contributed by atoms with Gasteiger partial charge in [0.05, 0.1) is 0 Å². The van der Waals surface area contributed by atoms with E-state index >= 15 is 0 Å². The maximum absolute atomic E-state index is 13.2. The molecule has 1 heterocycles. The molecule has 0 N–H and O–H groups in total. The molecule has 0 spiro atoms. The summed E-state index contributed by atoms with van der Waals surface area (Å²) in [6, 6.07) is 9.90. The molecular weight excluding hydrogens is 384 g/mol. The maximum Gasteiger partial charge on any atom is 0.246 e. The van der Waals surface area contributed by atoms with Gasteiger partial charge < -0.3 is 9.32 Å². The number of benzene rings is 1. The van der Waals surface area contributed by atoms with Gasteiger partial charge >= 0.3 is 0 Å². The van der Waals surface area contributed by atoms with Gasteiger partial charge in [0, 0.05) is 19.2 Å². The minimum Gasteiger partial charge on any atom is -0.451 e. The number of rotatable bonds is 5. The molecule has 21 heavy (non-hydrogen) atoms. The van der Waals surface area contributed by atoms with Crippen molar-refractivity contribution in [3.05, 3.63) is 63.4 Å². The number of hydrogen-bond donors (Lipinski definition) is 0. The SMILES string of the molecule is CCN(Cc1cccc(F)c1)C(=O)/C=C/c1ccc(I)o1. The van der Waals surface area contributed by atoms with Gasteiger partial charge in [0.15, 0.2) is 3.77 Å². The third-order valence-corrected chi connectivity index (χ3v) is 3.52. The summed E-state index contributed by atoms with van der Waals surface area (Å²) in [7, 11) is 0. The molecule has 0 saturated heterocycles. The van der Waals surface area contributed by atoms with Crippen LogP contribution in [-0.2, 0) is 11.3 Å². The summed E-state index contributed by atoms with van der Waals surface area (Å²) in [5.74, 6) is 0.208. The molecule has 2 rings (SSSR count). The fourth-order valence-corrected chi connectivity index (χ4v) is 2.31. The second-order valence-corrected chi connectivity index (χ2v) is 5.52. The molecule has 0 atom stereocenters. The van der Waals surface area contributed by atoms with Crippen LogP contribution in [0.1, 0.15) is 18.2 Å². The van der Waals surface area contributed by atoms with Crippen LogP contribution >= 0.6 is 22.6 Å². The Bertz CT molecular complexity index is 651. The lowest BCUT2D eigenvalue weighted by molar-refractivity contribution is -0.126. The van der Waals surface area contributed by atoms with Crippen molar-refractivity contribution in [3.63, 3.8) is 0 Å². The first-order valence-corrected chi connectivity index (χ1v) is 7.63. The lowest BCUT2D eigenvalue weighted by Crippen LogP contribution is -2.28. The number of carbonyl (C=O) groups excluding carboxylic acids is 1. The normalized spacial score (nSPS) is 11.0. The van der Waals surface area contributed by atoms with Crippen molar-refractivity contribution in [2.24, 2.45) is 0 Å². The van der Waals surface area contributed by atoms with Crippen LogP contribution in [0.3, 0.4) is 0 Å². The highest BCUT2D eigenvalue weighted by atomic mass is 127. The van der Waals surface area contributed by atoms with E-state index in [9.17, 15) is 9.18 Å². The van der Waals surface area contributed by atoms with Gasteiger partial charge in [-0.1, -0.05) is 12.1 Å². The fraction of sp³-hybridized carbons (Fsp3) is 0.188. The van der Waals surface area contributed by atoms with Gasteiger partial charge in [0.25, 0.3) is 0 Å². The summed E-state index contributed by atoms with van der Waals surface area (Å²) >= 11 is 2.07. The summed E-state index contributed by atoms with van der Waals surface area (Å²) in [4.78, 5) is 13.8. The molecule has 0 saturated carbocycles. The van der Waals surface area contributed by atoms with Crippen molar-refractivity contribution in [1.82, 2.24) is 4.90 Å². The van der Waals surface area contributed by atoms with Gasteiger partial charge in [-0.3, -0.25) is 4.79 Å². The minimum atomic E-state index is -0.295. The van der Waals surface area contributed by atoms with Crippen molar-refractivity contribution in [3.8, 4) is 0 Å². The predicted octanol–water partition coefficient (Wildman–Crippen LogP) is 4.09. The summed E-state index contributed by atoms with van der Waals surface area (Å²) in [5, 5.41) is 0. The van der Waals surface area contributed by atoms with Crippen LogP contribution in [0.25, 0.3) is 6.08 Å². The summed E-state index contributed by atoms with van der Waals surface area (Å²) in [6.45, 7) is 2.82. The van der Waals surface area contributed by atoms with Gasteiger partial charge in [-0.15, -0.1) is 0 Å². The van der Waals surface area contributed by atoms with Gasteiger partial charge in [-0.25, -0.2) is 4.39 Å². The Labute approximate surface area is 136 Å². The number of hydrogen-bond acceptors (Lipinski definition) is 2. The van der Waals surface area contributed by atoms with E-state index in [0.717, 1.165) is 9.33 Å². The second-order valence-electron chi connectivity index (χ2n) is 4.46. The average molecular weight is 399 g/mol. The molecule has 0 unspecified atom stereocenters. The fourth-order valence-electron chi connectivity index (χ4n) is 1.88. The Balaban J connectivity index is 2.03. The Morgan fingerprint density at radius 2 is 2.19 bits per heavy atom. The quantitative estimate of drug-likeness (QED) is 0.561. The van der Waals surface area contributed by atoms with Crippen molar-refractivity contribution >= 4 is 34.6 Å². The van der Waals surface area contributed by atoms with Crippen LogP contribution in [0.15, 0.2) is 46.9 Å². The smallest absolute Gasteiger partial charge is 0.246 e. The van der Waals surface area contributed by atoms with Crippen molar-refractivity contribution in [1.29, 1.82) is 0 Å². The molecule has 0 aliphatic rings. The Morgan fingerprint density at radius 3 is 2.81 bits per heavy atom. The largest absolute Gasteiger partial charge is 0.451 e. The predicted molar refractivity (Wildman–Crippen MR) is 88.0 cm³/mol. The molecule has 3 nitrogen and oxygen atoms in total. The number of halogens is 2. The third kappa shape index (κ3) is 4.70. The van der Waals surface area contributed by atoms with E-state index in [1.807, 2.05) is 13.0 Å². The molecule has 1 amide bonds. The van der Waals surface area contributed by atoms with E-state index in [1.165, 1.54) is 18.2 Å². The zero-order valence-electron chi connectivity index (χ0n) is 11.6. The van der Waals surface area contributed by atoms with Gasteiger partial charge in [-0.2, -0.15) is 0 Å². The number of likely N-dealkylation sites (N-methyl/N-ethyl adjacent to an activating group) is 1. The number of amides is 1. The first-order chi connectivity index (χ1) is 10.1. The van der Waals surface area contributed by atoms with E-state index in [0.29, 0.717) is 18.8 Å². The van der Waals surface area contributed by atoms with Crippen LogP contribution in [0.2, 0.25) is 0 Å². The molecule has 0 aliphatic carbocycles. The zero-order valence-corrected chi connectivity index (χ0v) is 13.7. The van der Waals surface area contributed by atoms with E-state index < -0.39 is 0 Å². The summed E-state index contributed by atoms with van der Waals surface area (Å²) in [6.07, 6.45) is 3.11. The first-order valence-electron chi connectivity index (χ1n) is 6.55. The minimum absolute atomic E-state index is 0.131. The van der Waals surface area contributed by atoms with Crippen LogP contribution < -0.4 is 0 Å². The van der Waals surface area contributed by atoms with Gasteiger partial charge in [0.2, 0.25) is 5.91 Å². The number of carbonyl (C=O) groups is 1. The molecule has 5 heteroatoms. The summed E-state index contributed by atoms with van der Waals surface area (Å²) in [5.41, 5.74) is 0.770. The zero-order chi connectivity index (χ0) is 15.2. The van der Waals surface area contributed by atoms with Crippen LogP contribution in [-0.4, -0.2) is 17.4 Å². The van der Waals surface area contributed by atoms with E-state index in [4.69, 9.17) is 4.42 Å². The highest BCUT2D eigenvalue weighted by Gasteiger charge is 2.09. The second kappa shape index (κ2) is 7.40. The molecule has 110 valence electrons. The lowest BCUT2D eigenvalue weighted by Gasteiger charge is -2.19. The average Bonchev–Trinajstić information content (AvgIpc) is 2.88. The van der Waals surface area contributed by atoms with Crippen molar-refractivity contribution in [2.45, 2.75) is 13.5 Å². The number of nitrogens with zero attached hydrogens (tertiary/aromatic N) is 1. The topological polar surface area (TPSA) is 33.5 Å².